The first kappa shape index (κ1) is 14.3. The summed E-state index contributed by atoms with van der Waals surface area (Å²) < 4.78 is 0. The molecule has 0 bridgehead atoms. The van der Waals surface area contributed by atoms with Gasteiger partial charge in [-0.2, -0.15) is 0 Å². The number of amides is 1. The van der Waals surface area contributed by atoms with Crippen LogP contribution in [-0.2, 0) is 4.79 Å². The maximum atomic E-state index is 12.7. The molecule has 0 aromatic carbocycles. The molecule has 2 aliphatic heterocycles. The van der Waals surface area contributed by atoms with E-state index >= 15 is 0 Å². The highest BCUT2D eigenvalue weighted by Gasteiger charge is 2.39. The average Bonchev–Trinajstić information content (AvgIpc) is 2.91. The SMILES string of the molecule is CCCN1CCN(C(=O)C2CC3CCCCC3N2)CC1. The predicted octanol–water partition coefficient (Wildman–Crippen LogP) is 1.46. The minimum Gasteiger partial charge on any atom is -0.339 e. The van der Waals surface area contributed by atoms with E-state index in [1.165, 1.54) is 38.6 Å². The summed E-state index contributed by atoms with van der Waals surface area (Å²) in [6.07, 6.45) is 7.59. The summed E-state index contributed by atoms with van der Waals surface area (Å²) in [6.45, 7) is 7.35. The summed E-state index contributed by atoms with van der Waals surface area (Å²) in [5.41, 5.74) is 0. The number of piperazine rings is 1. The van der Waals surface area contributed by atoms with E-state index in [9.17, 15) is 4.79 Å². The van der Waals surface area contributed by atoms with Crippen LogP contribution in [0.25, 0.3) is 0 Å². The second-order valence-electron chi connectivity index (χ2n) is 6.77. The van der Waals surface area contributed by atoms with Crippen LogP contribution < -0.4 is 5.32 Å². The molecule has 0 spiro atoms. The molecule has 3 rings (SSSR count). The average molecular weight is 279 g/mol. The smallest absolute Gasteiger partial charge is 0.239 e. The van der Waals surface area contributed by atoms with Gasteiger partial charge in [0.15, 0.2) is 0 Å². The molecule has 0 aromatic heterocycles. The first-order valence-corrected chi connectivity index (χ1v) is 8.55. The second kappa shape index (κ2) is 6.44. The van der Waals surface area contributed by atoms with Gasteiger partial charge < -0.3 is 10.2 Å². The second-order valence-corrected chi connectivity index (χ2v) is 6.77. The lowest BCUT2D eigenvalue weighted by Gasteiger charge is -2.35. The molecule has 2 saturated heterocycles. The monoisotopic (exact) mass is 279 g/mol. The highest BCUT2D eigenvalue weighted by Crippen LogP contribution is 2.33. The predicted molar refractivity (Wildman–Crippen MR) is 80.6 cm³/mol. The van der Waals surface area contributed by atoms with Crippen molar-refractivity contribution in [3.05, 3.63) is 0 Å². The van der Waals surface area contributed by atoms with E-state index < -0.39 is 0 Å². The summed E-state index contributed by atoms with van der Waals surface area (Å²) in [7, 11) is 0. The molecule has 3 fully saturated rings. The van der Waals surface area contributed by atoms with E-state index in [1.807, 2.05) is 0 Å². The third-order valence-electron chi connectivity index (χ3n) is 5.38. The van der Waals surface area contributed by atoms with Crippen LogP contribution in [0, 0.1) is 5.92 Å². The van der Waals surface area contributed by atoms with Crippen LogP contribution in [0.1, 0.15) is 45.4 Å². The maximum absolute atomic E-state index is 12.7. The van der Waals surface area contributed by atoms with Crippen LogP contribution >= 0.6 is 0 Å². The van der Waals surface area contributed by atoms with Crippen molar-refractivity contribution in [2.45, 2.75) is 57.5 Å². The number of hydrogen-bond donors (Lipinski definition) is 1. The Bertz CT molecular complexity index is 325. The van der Waals surface area contributed by atoms with Gasteiger partial charge in [-0.1, -0.05) is 19.8 Å². The van der Waals surface area contributed by atoms with Crippen molar-refractivity contribution in [2.75, 3.05) is 32.7 Å². The van der Waals surface area contributed by atoms with Crippen molar-refractivity contribution >= 4 is 5.91 Å². The Labute approximate surface area is 122 Å². The summed E-state index contributed by atoms with van der Waals surface area (Å²) in [4.78, 5) is 17.2. The zero-order chi connectivity index (χ0) is 13.9. The fraction of sp³-hybridized carbons (Fsp3) is 0.938. The largest absolute Gasteiger partial charge is 0.339 e. The zero-order valence-corrected chi connectivity index (χ0v) is 12.8. The Balaban J connectivity index is 1.50. The number of nitrogens with one attached hydrogen (secondary N) is 1. The Morgan fingerprint density at radius 3 is 2.60 bits per heavy atom. The van der Waals surface area contributed by atoms with Gasteiger partial charge in [0.2, 0.25) is 5.91 Å². The maximum Gasteiger partial charge on any atom is 0.239 e. The van der Waals surface area contributed by atoms with Gasteiger partial charge in [-0.05, 0) is 38.1 Å². The number of fused-ring (bicyclic) bond motifs is 1. The molecule has 3 aliphatic rings. The van der Waals surface area contributed by atoms with E-state index in [-0.39, 0.29) is 6.04 Å². The van der Waals surface area contributed by atoms with Crippen LogP contribution in [0.3, 0.4) is 0 Å². The fourth-order valence-electron chi connectivity index (χ4n) is 4.24. The minimum absolute atomic E-state index is 0.112. The van der Waals surface area contributed by atoms with Gasteiger partial charge >= 0.3 is 0 Å². The molecule has 2 heterocycles. The number of nitrogens with zero attached hydrogens (tertiary/aromatic N) is 2. The molecule has 20 heavy (non-hydrogen) atoms. The molecule has 1 amide bonds. The molecule has 3 atom stereocenters. The molecule has 1 aliphatic carbocycles. The van der Waals surface area contributed by atoms with Crippen molar-refractivity contribution in [1.29, 1.82) is 0 Å². The summed E-state index contributed by atoms with van der Waals surface area (Å²) in [5.74, 6) is 1.13. The molecule has 114 valence electrons. The van der Waals surface area contributed by atoms with Gasteiger partial charge in [-0.15, -0.1) is 0 Å². The number of hydrogen-bond acceptors (Lipinski definition) is 3. The molecule has 3 unspecified atom stereocenters. The van der Waals surface area contributed by atoms with Crippen LogP contribution in [0.15, 0.2) is 0 Å². The van der Waals surface area contributed by atoms with E-state index in [4.69, 9.17) is 0 Å². The van der Waals surface area contributed by atoms with Gasteiger partial charge in [0, 0.05) is 32.2 Å². The Kier molecular flexibility index (Phi) is 4.61. The van der Waals surface area contributed by atoms with E-state index in [0.29, 0.717) is 11.9 Å². The van der Waals surface area contributed by atoms with Crippen molar-refractivity contribution in [1.82, 2.24) is 15.1 Å². The molecule has 4 nitrogen and oxygen atoms in total. The van der Waals surface area contributed by atoms with Gasteiger partial charge in [-0.3, -0.25) is 9.69 Å². The van der Waals surface area contributed by atoms with Crippen molar-refractivity contribution in [3.63, 3.8) is 0 Å². The molecule has 0 radical (unpaired) electrons. The van der Waals surface area contributed by atoms with E-state index in [0.717, 1.165) is 38.5 Å². The van der Waals surface area contributed by atoms with E-state index in [1.54, 1.807) is 0 Å². The Hall–Kier alpha value is -0.610. The highest BCUT2D eigenvalue weighted by atomic mass is 16.2. The molecular weight excluding hydrogens is 250 g/mol. The summed E-state index contributed by atoms with van der Waals surface area (Å²) >= 11 is 0. The van der Waals surface area contributed by atoms with Crippen LogP contribution in [0.4, 0.5) is 0 Å². The standard InChI is InChI=1S/C16H29N3O/c1-2-7-18-8-10-19(11-9-18)16(20)15-12-13-5-3-4-6-14(13)17-15/h13-15,17H,2-12H2,1H3. The van der Waals surface area contributed by atoms with Crippen molar-refractivity contribution < 1.29 is 4.79 Å². The van der Waals surface area contributed by atoms with E-state index in [2.05, 4.69) is 22.0 Å². The molecule has 4 heteroatoms. The Morgan fingerprint density at radius 1 is 1.15 bits per heavy atom. The highest BCUT2D eigenvalue weighted by molar-refractivity contribution is 5.82. The number of carbonyl (C=O) groups is 1. The van der Waals surface area contributed by atoms with Crippen LogP contribution in [0.5, 0.6) is 0 Å². The van der Waals surface area contributed by atoms with Gasteiger partial charge in [-0.25, -0.2) is 0 Å². The quantitative estimate of drug-likeness (QED) is 0.849. The number of carbonyl (C=O) groups excluding carboxylic acids is 1. The summed E-state index contributed by atoms with van der Waals surface area (Å²) in [5, 5.41) is 3.62. The third-order valence-corrected chi connectivity index (χ3v) is 5.38. The molecular formula is C16H29N3O. The summed E-state index contributed by atoms with van der Waals surface area (Å²) in [6, 6.07) is 0.736. The van der Waals surface area contributed by atoms with Crippen molar-refractivity contribution in [3.8, 4) is 0 Å². The molecule has 1 saturated carbocycles. The fourth-order valence-corrected chi connectivity index (χ4v) is 4.24. The van der Waals surface area contributed by atoms with Crippen molar-refractivity contribution in [2.24, 2.45) is 5.92 Å². The van der Waals surface area contributed by atoms with Crippen LogP contribution in [-0.4, -0.2) is 60.5 Å². The topological polar surface area (TPSA) is 35.6 Å². The third kappa shape index (κ3) is 3.01. The lowest BCUT2D eigenvalue weighted by molar-refractivity contribution is -0.134. The number of rotatable bonds is 3. The van der Waals surface area contributed by atoms with Gasteiger partial charge in [0.1, 0.15) is 0 Å². The Morgan fingerprint density at radius 2 is 1.90 bits per heavy atom. The zero-order valence-electron chi connectivity index (χ0n) is 12.8. The first-order chi connectivity index (χ1) is 9.78. The molecule has 1 N–H and O–H groups in total. The minimum atomic E-state index is 0.112. The van der Waals surface area contributed by atoms with Crippen LogP contribution in [0.2, 0.25) is 0 Å². The van der Waals surface area contributed by atoms with Gasteiger partial charge in [0.25, 0.3) is 0 Å². The molecule has 0 aromatic rings. The lowest BCUT2D eigenvalue weighted by Crippen LogP contribution is -2.53. The normalized spacial score (nSPS) is 35.0. The first-order valence-electron chi connectivity index (χ1n) is 8.55. The lowest BCUT2D eigenvalue weighted by atomic mass is 9.85. The van der Waals surface area contributed by atoms with Gasteiger partial charge in [0.05, 0.1) is 6.04 Å².